The molecule has 0 aliphatic heterocycles. The zero-order chi connectivity index (χ0) is 15.6. The van der Waals surface area contributed by atoms with Gasteiger partial charge in [-0.05, 0) is 54.8 Å². The lowest BCUT2D eigenvalue weighted by Crippen LogP contribution is -2.26. The van der Waals surface area contributed by atoms with Gasteiger partial charge in [-0.1, -0.05) is 18.2 Å². The SMILES string of the molecule is Cc1cccc(N(C)S(=O)(=O)c2ccc(C)c(CN)c2)c1. The van der Waals surface area contributed by atoms with Gasteiger partial charge in [-0.15, -0.1) is 0 Å². The number of sulfonamides is 1. The highest BCUT2D eigenvalue weighted by molar-refractivity contribution is 7.92. The van der Waals surface area contributed by atoms with Gasteiger partial charge in [0.25, 0.3) is 10.0 Å². The highest BCUT2D eigenvalue weighted by atomic mass is 32.2. The standard InChI is InChI=1S/C16H20N2O2S/c1-12-5-4-6-15(9-12)18(3)21(19,20)16-8-7-13(2)14(10-16)11-17/h4-10H,11,17H2,1-3H3. The molecule has 0 atom stereocenters. The Kier molecular flexibility index (Phi) is 4.34. The van der Waals surface area contributed by atoms with Gasteiger partial charge in [0.15, 0.2) is 0 Å². The van der Waals surface area contributed by atoms with Crippen LogP contribution < -0.4 is 10.0 Å². The Morgan fingerprint density at radius 1 is 1.10 bits per heavy atom. The van der Waals surface area contributed by atoms with Crippen LogP contribution in [0.1, 0.15) is 16.7 Å². The van der Waals surface area contributed by atoms with Crippen molar-refractivity contribution in [2.45, 2.75) is 25.3 Å². The van der Waals surface area contributed by atoms with Crippen LogP contribution in [0.3, 0.4) is 0 Å². The summed E-state index contributed by atoms with van der Waals surface area (Å²) < 4.78 is 26.7. The van der Waals surface area contributed by atoms with E-state index in [2.05, 4.69) is 0 Å². The van der Waals surface area contributed by atoms with Gasteiger partial charge in [0.05, 0.1) is 10.6 Å². The summed E-state index contributed by atoms with van der Waals surface area (Å²) in [5.41, 5.74) is 9.16. The summed E-state index contributed by atoms with van der Waals surface area (Å²) in [7, 11) is -2.02. The molecule has 2 aromatic carbocycles. The van der Waals surface area contributed by atoms with E-state index in [0.29, 0.717) is 12.2 Å². The van der Waals surface area contributed by atoms with Crippen LogP contribution in [-0.4, -0.2) is 15.5 Å². The monoisotopic (exact) mass is 304 g/mol. The number of aryl methyl sites for hydroxylation is 2. The smallest absolute Gasteiger partial charge is 0.264 e. The number of benzene rings is 2. The summed E-state index contributed by atoms with van der Waals surface area (Å²) >= 11 is 0. The summed E-state index contributed by atoms with van der Waals surface area (Å²) in [5.74, 6) is 0. The summed E-state index contributed by atoms with van der Waals surface area (Å²) in [4.78, 5) is 0.262. The molecule has 5 heteroatoms. The molecule has 2 N–H and O–H groups in total. The highest BCUT2D eigenvalue weighted by Gasteiger charge is 2.21. The minimum absolute atomic E-state index is 0.262. The van der Waals surface area contributed by atoms with E-state index in [1.54, 1.807) is 31.3 Å². The first kappa shape index (κ1) is 15.5. The second-order valence-corrected chi connectivity index (χ2v) is 7.07. The van der Waals surface area contributed by atoms with E-state index in [0.717, 1.165) is 16.7 Å². The van der Waals surface area contributed by atoms with Crippen molar-refractivity contribution in [3.8, 4) is 0 Å². The predicted octanol–water partition coefficient (Wildman–Crippen LogP) is 2.59. The maximum atomic E-state index is 12.7. The van der Waals surface area contributed by atoms with Crippen molar-refractivity contribution in [2.75, 3.05) is 11.4 Å². The summed E-state index contributed by atoms with van der Waals surface area (Å²) in [5, 5.41) is 0. The van der Waals surface area contributed by atoms with E-state index >= 15 is 0 Å². The van der Waals surface area contributed by atoms with Gasteiger partial charge in [-0.2, -0.15) is 0 Å². The molecule has 112 valence electrons. The Bertz CT molecular complexity index is 755. The van der Waals surface area contributed by atoms with Crippen LogP contribution in [0.2, 0.25) is 0 Å². The summed E-state index contributed by atoms with van der Waals surface area (Å²) in [6.07, 6.45) is 0. The Morgan fingerprint density at radius 3 is 2.43 bits per heavy atom. The molecule has 0 aliphatic carbocycles. The molecule has 0 aromatic heterocycles. The van der Waals surface area contributed by atoms with Crippen LogP contribution in [-0.2, 0) is 16.6 Å². The predicted molar refractivity (Wildman–Crippen MR) is 85.8 cm³/mol. The fourth-order valence-electron chi connectivity index (χ4n) is 2.15. The van der Waals surface area contributed by atoms with Crippen LogP contribution in [0, 0.1) is 13.8 Å². The maximum absolute atomic E-state index is 12.7. The third-order valence-corrected chi connectivity index (χ3v) is 5.35. The van der Waals surface area contributed by atoms with Gasteiger partial charge in [0.1, 0.15) is 0 Å². The van der Waals surface area contributed by atoms with Crippen molar-refractivity contribution in [3.05, 3.63) is 59.2 Å². The van der Waals surface area contributed by atoms with Crippen LogP contribution in [0.4, 0.5) is 5.69 Å². The van der Waals surface area contributed by atoms with Crippen molar-refractivity contribution >= 4 is 15.7 Å². The number of rotatable bonds is 4. The topological polar surface area (TPSA) is 63.4 Å². The average Bonchev–Trinajstić information content (AvgIpc) is 2.46. The third-order valence-electron chi connectivity index (χ3n) is 3.56. The first-order valence-corrected chi connectivity index (χ1v) is 8.15. The number of hydrogen-bond acceptors (Lipinski definition) is 3. The lowest BCUT2D eigenvalue weighted by molar-refractivity contribution is 0.594. The van der Waals surface area contributed by atoms with Crippen molar-refractivity contribution < 1.29 is 8.42 Å². The quantitative estimate of drug-likeness (QED) is 0.944. The maximum Gasteiger partial charge on any atom is 0.264 e. The zero-order valence-corrected chi connectivity index (χ0v) is 13.3. The van der Waals surface area contributed by atoms with Crippen LogP contribution in [0.15, 0.2) is 47.4 Å². The second-order valence-electron chi connectivity index (χ2n) is 5.10. The van der Waals surface area contributed by atoms with Crippen LogP contribution >= 0.6 is 0 Å². The highest BCUT2D eigenvalue weighted by Crippen LogP contribution is 2.24. The number of nitrogens with zero attached hydrogens (tertiary/aromatic N) is 1. The molecule has 0 radical (unpaired) electrons. The van der Waals surface area contributed by atoms with Gasteiger partial charge in [-0.25, -0.2) is 8.42 Å². The Balaban J connectivity index is 2.46. The Morgan fingerprint density at radius 2 is 1.81 bits per heavy atom. The molecule has 0 spiro atoms. The molecular formula is C16H20N2O2S. The molecule has 0 unspecified atom stereocenters. The van der Waals surface area contributed by atoms with E-state index in [1.807, 2.05) is 32.0 Å². The minimum atomic E-state index is -3.58. The van der Waals surface area contributed by atoms with Crippen molar-refractivity contribution in [3.63, 3.8) is 0 Å². The Labute approximate surface area is 126 Å². The van der Waals surface area contributed by atoms with Gasteiger partial charge >= 0.3 is 0 Å². The molecule has 0 fully saturated rings. The molecule has 2 rings (SSSR count). The molecule has 4 nitrogen and oxygen atoms in total. The lowest BCUT2D eigenvalue weighted by Gasteiger charge is -2.20. The van der Waals surface area contributed by atoms with Gasteiger partial charge < -0.3 is 5.73 Å². The molecule has 21 heavy (non-hydrogen) atoms. The zero-order valence-electron chi connectivity index (χ0n) is 12.5. The largest absolute Gasteiger partial charge is 0.326 e. The third kappa shape index (κ3) is 3.09. The molecular weight excluding hydrogens is 284 g/mol. The molecule has 0 heterocycles. The molecule has 0 aliphatic rings. The van der Waals surface area contributed by atoms with E-state index in [4.69, 9.17) is 5.73 Å². The molecule has 0 bridgehead atoms. The van der Waals surface area contributed by atoms with E-state index in [9.17, 15) is 8.42 Å². The van der Waals surface area contributed by atoms with Gasteiger partial charge in [-0.3, -0.25) is 4.31 Å². The second kappa shape index (κ2) is 5.87. The first-order chi connectivity index (χ1) is 9.86. The van der Waals surface area contributed by atoms with Crippen LogP contribution in [0.5, 0.6) is 0 Å². The van der Waals surface area contributed by atoms with Gasteiger partial charge in [0.2, 0.25) is 0 Å². The summed E-state index contributed by atoms with van der Waals surface area (Å²) in [6, 6.07) is 12.5. The molecule has 2 aromatic rings. The van der Waals surface area contributed by atoms with E-state index < -0.39 is 10.0 Å². The lowest BCUT2D eigenvalue weighted by atomic mass is 10.1. The van der Waals surface area contributed by atoms with Crippen LogP contribution in [0.25, 0.3) is 0 Å². The number of nitrogens with two attached hydrogens (primary N) is 1. The first-order valence-electron chi connectivity index (χ1n) is 6.71. The van der Waals surface area contributed by atoms with E-state index in [1.165, 1.54) is 4.31 Å². The Hall–Kier alpha value is -1.85. The number of hydrogen-bond donors (Lipinski definition) is 1. The molecule has 0 saturated heterocycles. The summed E-state index contributed by atoms with van der Waals surface area (Å²) in [6.45, 7) is 4.18. The van der Waals surface area contributed by atoms with Crippen molar-refractivity contribution in [2.24, 2.45) is 5.73 Å². The van der Waals surface area contributed by atoms with Crippen molar-refractivity contribution in [1.82, 2.24) is 0 Å². The fourth-order valence-corrected chi connectivity index (χ4v) is 3.39. The van der Waals surface area contributed by atoms with Gasteiger partial charge in [0, 0.05) is 13.6 Å². The molecule has 0 saturated carbocycles. The van der Waals surface area contributed by atoms with Crippen molar-refractivity contribution in [1.29, 1.82) is 0 Å². The van der Waals surface area contributed by atoms with E-state index in [-0.39, 0.29) is 4.90 Å². The minimum Gasteiger partial charge on any atom is -0.326 e. The average molecular weight is 304 g/mol. The normalized spacial score (nSPS) is 11.4. The number of anilines is 1. The molecule has 0 amide bonds. The fraction of sp³-hybridized carbons (Fsp3) is 0.250.